The lowest BCUT2D eigenvalue weighted by molar-refractivity contribution is -0.127. The van der Waals surface area contributed by atoms with Gasteiger partial charge in [0, 0.05) is 17.3 Å². The molecule has 0 atom stereocenters. The molecule has 0 radical (unpaired) electrons. The molecule has 106 valence electrons. The molecule has 0 bridgehead atoms. The molecule has 0 aliphatic rings. The Labute approximate surface area is 115 Å². The molecule has 0 amide bonds. The van der Waals surface area contributed by atoms with Crippen molar-refractivity contribution in [1.29, 1.82) is 0 Å². The van der Waals surface area contributed by atoms with E-state index < -0.39 is 5.54 Å². The first-order chi connectivity index (χ1) is 8.71. The molecule has 0 fully saturated rings. The van der Waals surface area contributed by atoms with E-state index in [1.807, 2.05) is 46.7 Å². The second-order valence-corrected chi connectivity index (χ2v) is 5.60. The Balaban J connectivity index is 3.05. The van der Waals surface area contributed by atoms with Crippen molar-refractivity contribution in [2.75, 3.05) is 21.2 Å². The number of likely N-dealkylation sites (N-methyl/N-ethyl adjacent to an activating group) is 1. The summed E-state index contributed by atoms with van der Waals surface area (Å²) in [6.45, 7) is 7.75. The molecule has 0 saturated carbocycles. The Morgan fingerprint density at radius 3 is 2.42 bits per heavy atom. The number of carbonyl (C=O) groups is 1. The van der Waals surface area contributed by atoms with Crippen molar-refractivity contribution in [3.05, 3.63) is 23.0 Å². The average Bonchev–Trinajstić information content (AvgIpc) is 2.33. The Bertz CT molecular complexity index is 479. The lowest BCUT2D eigenvalue weighted by Gasteiger charge is -2.31. The fourth-order valence-corrected chi connectivity index (χ4v) is 1.87. The number of pyridine rings is 1. The largest absolute Gasteiger partial charge is 0.496 e. The highest BCUT2D eigenvalue weighted by Gasteiger charge is 2.30. The van der Waals surface area contributed by atoms with Gasteiger partial charge in [-0.25, -0.2) is 0 Å². The Hall–Kier alpha value is -1.42. The molecule has 1 heterocycles. The molecule has 0 unspecified atom stereocenters. The van der Waals surface area contributed by atoms with Crippen molar-refractivity contribution < 1.29 is 9.53 Å². The van der Waals surface area contributed by atoms with Crippen LogP contribution >= 0.6 is 0 Å². The molecule has 0 saturated heterocycles. The number of rotatable bonds is 5. The number of ketones is 1. The van der Waals surface area contributed by atoms with Crippen LogP contribution in [0.5, 0.6) is 5.75 Å². The first-order valence-electron chi connectivity index (χ1n) is 6.41. The van der Waals surface area contributed by atoms with E-state index >= 15 is 0 Å². The van der Waals surface area contributed by atoms with E-state index in [2.05, 4.69) is 4.98 Å². The van der Waals surface area contributed by atoms with Gasteiger partial charge in [-0.15, -0.1) is 0 Å². The van der Waals surface area contributed by atoms with Crippen molar-refractivity contribution in [3.8, 4) is 5.75 Å². The van der Waals surface area contributed by atoms with Crippen molar-refractivity contribution in [2.24, 2.45) is 0 Å². The lowest BCUT2D eigenvalue weighted by Crippen LogP contribution is -2.46. The Morgan fingerprint density at radius 1 is 1.37 bits per heavy atom. The van der Waals surface area contributed by atoms with Gasteiger partial charge < -0.3 is 4.74 Å². The smallest absolute Gasteiger partial charge is 0.158 e. The number of carbonyl (C=O) groups excluding carboxylic acids is 1. The van der Waals surface area contributed by atoms with Crippen molar-refractivity contribution in [2.45, 2.75) is 39.7 Å². The second-order valence-electron chi connectivity index (χ2n) is 5.60. The number of aromatic nitrogens is 1. The van der Waals surface area contributed by atoms with Gasteiger partial charge in [0.05, 0.1) is 24.8 Å². The summed E-state index contributed by atoms with van der Waals surface area (Å²) in [5, 5.41) is 0. The second kappa shape index (κ2) is 5.70. The third-order valence-corrected chi connectivity index (χ3v) is 3.88. The monoisotopic (exact) mass is 264 g/mol. The summed E-state index contributed by atoms with van der Waals surface area (Å²) >= 11 is 0. The van der Waals surface area contributed by atoms with Gasteiger partial charge in [-0.2, -0.15) is 0 Å². The Kier molecular flexibility index (Phi) is 4.69. The van der Waals surface area contributed by atoms with E-state index in [0.29, 0.717) is 6.42 Å². The summed E-state index contributed by atoms with van der Waals surface area (Å²) in [7, 11) is 5.46. The van der Waals surface area contributed by atoms with Crippen LogP contribution in [0.25, 0.3) is 0 Å². The van der Waals surface area contributed by atoms with Gasteiger partial charge in [0.2, 0.25) is 0 Å². The van der Waals surface area contributed by atoms with Crippen LogP contribution in [0, 0.1) is 13.8 Å². The number of hydrogen-bond donors (Lipinski definition) is 0. The SMILES string of the molecule is COc1c(C)cnc(CC(=O)C(C)(C)N(C)C)c1C. The number of hydrogen-bond acceptors (Lipinski definition) is 4. The minimum atomic E-state index is -0.494. The molecule has 4 heteroatoms. The standard InChI is InChI=1S/C15H24N2O2/c1-10-9-16-12(11(2)14(10)19-7)8-13(18)15(3,4)17(5)6/h9H,8H2,1-7H3. The van der Waals surface area contributed by atoms with E-state index in [4.69, 9.17) is 4.74 Å². The fourth-order valence-electron chi connectivity index (χ4n) is 1.87. The van der Waals surface area contributed by atoms with Crippen LogP contribution in [0.1, 0.15) is 30.7 Å². The van der Waals surface area contributed by atoms with Gasteiger partial charge in [-0.3, -0.25) is 14.7 Å². The molecule has 1 rings (SSSR count). The molecule has 4 nitrogen and oxygen atoms in total. The van der Waals surface area contributed by atoms with E-state index in [0.717, 1.165) is 22.6 Å². The molecule has 19 heavy (non-hydrogen) atoms. The number of ether oxygens (including phenoxy) is 1. The predicted octanol–water partition coefficient (Wildman–Crippen LogP) is 2.16. The van der Waals surface area contributed by atoms with Gasteiger partial charge in [-0.05, 0) is 41.8 Å². The van der Waals surface area contributed by atoms with Crippen LogP contribution in [0.2, 0.25) is 0 Å². The van der Waals surface area contributed by atoms with Gasteiger partial charge in [0.15, 0.2) is 5.78 Å². The summed E-state index contributed by atoms with van der Waals surface area (Å²) in [6.07, 6.45) is 2.09. The molecule has 0 aliphatic heterocycles. The highest BCUT2D eigenvalue weighted by Crippen LogP contribution is 2.25. The van der Waals surface area contributed by atoms with Crippen LogP contribution in [0.3, 0.4) is 0 Å². The van der Waals surface area contributed by atoms with Gasteiger partial charge in [0.1, 0.15) is 5.75 Å². The quantitative estimate of drug-likeness (QED) is 0.817. The maximum absolute atomic E-state index is 12.4. The number of methoxy groups -OCH3 is 1. The molecular formula is C15H24N2O2. The highest BCUT2D eigenvalue weighted by molar-refractivity contribution is 5.89. The van der Waals surface area contributed by atoms with Gasteiger partial charge in [-0.1, -0.05) is 0 Å². The van der Waals surface area contributed by atoms with Crippen LogP contribution in [-0.2, 0) is 11.2 Å². The molecule has 1 aromatic rings. The summed E-state index contributed by atoms with van der Waals surface area (Å²) < 4.78 is 5.37. The Morgan fingerprint density at radius 2 is 1.95 bits per heavy atom. The first-order valence-corrected chi connectivity index (χ1v) is 6.41. The summed E-state index contributed by atoms with van der Waals surface area (Å²) in [6, 6.07) is 0. The maximum Gasteiger partial charge on any atom is 0.158 e. The number of aryl methyl sites for hydroxylation is 1. The third kappa shape index (κ3) is 3.13. The minimum absolute atomic E-state index is 0.152. The van der Waals surface area contributed by atoms with Crippen LogP contribution in [0.15, 0.2) is 6.20 Å². The lowest BCUT2D eigenvalue weighted by atomic mass is 9.93. The van der Waals surface area contributed by atoms with Gasteiger partial charge >= 0.3 is 0 Å². The molecule has 0 spiro atoms. The zero-order valence-electron chi connectivity index (χ0n) is 13.0. The summed E-state index contributed by atoms with van der Waals surface area (Å²) in [4.78, 5) is 18.7. The molecule has 0 aliphatic carbocycles. The predicted molar refractivity (Wildman–Crippen MR) is 76.7 cm³/mol. The third-order valence-electron chi connectivity index (χ3n) is 3.88. The van der Waals surface area contributed by atoms with E-state index in [1.165, 1.54) is 0 Å². The molecule has 1 aromatic heterocycles. The van der Waals surface area contributed by atoms with E-state index in [-0.39, 0.29) is 5.78 Å². The van der Waals surface area contributed by atoms with Crippen LogP contribution in [-0.4, -0.2) is 42.4 Å². The fraction of sp³-hybridized carbons (Fsp3) is 0.600. The van der Waals surface area contributed by atoms with E-state index in [1.54, 1.807) is 13.3 Å². The first kappa shape index (κ1) is 15.6. The zero-order valence-corrected chi connectivity index (χ0v) is 13.0. The van der Waals surface area contributed by atoms with Crippen LogP contribution in [0.4, 0.5) is 0 Å². The van der Waals surface area contributed by atoms with Crippen molar-refractivity contribution >= 4 is 5.78 Å². The van der Waals surface area contributed by atoms with E-state index in [9.17, 15) is 4.79 Å². The molecular weight excluding hydrogens is 240 g/mol. The molecule has 0 aromatic carbocycles. The minimum Gasteiger partial charge on any atom is -0.496 e. The van der Waals surface area contributed by atoms with Crippen LogP contribution < -0.4 is 4.74 Å². The van der Waals surface area contributed by atoms with Gasteiger partial charge in [0.25, 0.3) is 0 Å². The average molecular weight is 264 g/mol. The highest BCUT2D eigenvalue weighted by atomic mass is 16.5. The summed E-state index contributed by atoms with van der Waals surface area (Å²) in [5.74, 6) is 0.972. The normalized spacial score (nSPS) is 11.8. The number of nitrogens with zero attached hydrogens (tertiary/aromatic N) is 2. The topological polar surface area (TPSA) is 42.4 Å². The molecule has 0 N–H and O–H groups in total. The maximum atomic E-state index is 12.4. The van der Waals surface area contributed by atoms with Crippen molar-refractivity contribution in [3.63, 3.8) is 0 Å². The zero-order chi connectivity index (χ0) is 14.8. The number of Topliss-reactive ketones (excluding diaryl/α,β-unsaturated/α-hetero) is 1. The summed E-state index contributed by atoms with van der Waals surface area (Å²) in [5.41, 5.74) is 2.24. The van der Waals surface area contributed by atoms with Crippen molar-refractivity contribution in [1.82, 2.24) is 9.88 Å².